The van der Waals surface area contributed by atoms with E-state index >= 15 is 0 Å². The van der Waals surface area contributed by atoms with Crippen LogP contribution in [0.4, 0.5) is 5.69 Å². The van der Waals surface area contributed by atoms with E-state index < -0.39 is 18.0 Å². The summed E-state index contributed by atoms with van der Waals surface area (Å²) >= 11 is 0. The van der Waals surface area contributed by atoms with Crippen LogP contribution in [0.2, 0.25) is 0 Å². The third-order valence-corrected chi connectivity index (χ3v) is 4.30. The van der Waals surface area contributed by atoms with Crippen molar-refractivity contribution in [3.8, 4) is 5.75 Å². The second-order valence-corrected chi connectivity index (χ2v) is 6.55. The third-order valence-electron chi connectivity index (χ3n) is 4.30. The van der Waals surface area contributed by atoms with Crippen molar-refractivity contribution in [2.45, 2.75) is 20.0 Å². The Bertz CT molecular complexity index is 998. The first-order valence-corrected chi connectivity index (χ1v) is 8.87. The Morgan fingerprint density at radius 2 is 1.68 bits per heavy atom. The van der Waals surface area contributed by atoms with Crippen LogP contribution in [0.15, 0.2) is 72.8 Å². The predicted octanol–water partition coefficient (Wildman–Crippen LogP) is 4.55. The third kappa shape index (κ3) is 4.57. The van der Waals surface area contributed by atoms with Crippen LogP contribution in [0, 0.1) is 13.8 Å². The van der Waals surface area contributed by atoms with Gasteiger partial charge in [-0.05, 0) is 49.2 Å². The molecule has 0 fully saturated rings. The Kier molecular flexibility index (Phi) is 5.75. The van der Waals surface area contributed by atoms with Crippen molar-refractivity contribution in [3.05, 3.63) is 95.1 Å². The van der Waals surface area contributed by atoms with E-state index in [0.717, 1.165) is 11.1 Å². The number of phenolic OH excluding ortho intramolecular Hbond substituents is 1. The predicted molar refractivity (Wildman–Crippen MR) is 107 cm³/mol. The summed E-state index contributed by atoms with van der Waals surface area (Å²) in [6.45, 7) is 3.83. The lowest BCUT2D eigenvalue weighted by Gasteiger charge is -2.19. The molecule has 0 aliphatic carbocycles. The van der Waals surface area contributed by atoms with Crippen LogP contribution in [-0.4, -0.2) is 17.0 Å². The second-order valence-electron chi connectivity index (χ2n) is 6.55. The number of ether oxygens (including phenoxy) is 1. The number of carbonyl (C=O) groups excluding carboxylic acids is 2. The van der Waals surface area contributed by atoms with E-state index in [1.165, 1.54) is 18.2 Å². The van der Waals surface area contributed by atoms with Gasteiger partial charge in [-0.2, -0.15) is 0 Å². The number of benzene rings is 3. The van der Waals surface area contributed by atoms with Gasteiger partial charge in [0.1, 0.15) is 5.75 Å². The lowest BCUT2D eigenvalue weighted by Crippen LogP contribution is -2.26. The molecule has 3 aromatic rings. The summed E-state index contributed by atoms with van der Waals surface area (Å²) in [4.78, 5) is 25.5. The average Bonchev–Trinajstić information content (AvgIpc) is 2.69. The molecule has 1 atom stereocenters. The Balaban J connectivity index is 1.88. The van der Waals surface area contributed by atoms with Crippen molar-refractivity contribution < 1.29 is 19.4 Å². The number of aromatic hydroxyl groups is 1. The van der Waals surface area contributed by atoms with Crippen molar-refractivity contribution in [1.29, 1.82) is 0 Å². The van der Waals surface area contributed by atoms with Gasteiger partial charge in [0.2, 0.25) is 6.10 Å². The highest BCUT2D eigenvalue weighted by Gasteiger charge is 2.26. The molecule has 142 valence electrons. The fourth-order valence-electron chi connectivity index (χ4n) is 2.78. The zero-order chi connectivity index (χ0) is 20.1. The smallest absolute Gasteiger partial charge is 0.339 e. The summed E-state index contributed by atoms with van der Waals surface area (Å²) in [5.41, 5.74) is 3.30. The normalized spacial score (nSPS) is 11.5. The molecule has 0 radical (unpaired) electrons. The van der Waals surface area contributed by atoms with E-state index in [9.17, 15) is 14.7 Å². The monoisotopic (exact) mass is 375 g/mol. The summed E-state index contributed by atoms with van der Waals surface area (Å²) in [6, 6.07) is 20.4. The number of anilines is 1. The Morgan fingerprint density at radius 1 is 0.929 bits per heavy atom. The van der Waals surface area contributed by atoms with Crippen LogP contribution in [-0.2, 0) is 9.53 Å². The van der Waals surface area contributed by atoms with Crippen molar-refractivity contribution >= 4 is 17.6 Å². The number of rotatable bonds is 5. The van der Waals surface area contributed by atoms with Crippen LogP contribution in [0.25, 0.3) is 0 Å². The number of esters is 1. The van der Waals surface area contributed by atoms with E-state index in [1.54, 1.807) is 30.3 Å². The molecule has 5 nitrogen and oxygen atoms in total. The number of amides is 1. The van der Waals surface area contributed by atoms with Gasteiger partial charge in [-0.3, -0.25) is 4.79 Å². The van der Waals surface area contributed by atoms with Crippen LogP contribution in [0.5, 0.6) is 5.75 Å². The van der Waals surface area contributed by atoms with Crippen molar-refractivity contribution in [1.82, 2.24) is 0 Å². The number of carbonyl (C=O) groups is 2. The number of aryl methyl sites for hydroxylation is 2. The van der Waals surface area contributed by atoms with E-state index in [0.29, 0.717) is 11.3 Å². The summed E-state index contributed by atoms with van der Waals surface area (Å²) in [5.74, 6) is -1.19. The first-order chi connectivity index (χ1) is 13.4. The molecular weight excluding hydrogens is 354 g/mol. The summed E-state index contributed by atoms with van der Waals surface area (Å²) in [6.07, 6.45) is -1.13. The molecule has 0 heterocycles. The Morgan fingerprint density at radius 3 is 2.39 bits per heavy atom. The largest absolute Gasteiger partial charge is 0.508 e. The molecule has 0 aliphatic rings. The summed E-state index contributed by atoms with van der Waals surface area (Å²) < 4.78 is 5.52. The van der Waals surface area contributed by atoms with E-state index in [-0.39, 0.29) is 11.3 Å². The van der Waals surface area contributed by atoms with Gasteiger partial charge in [-0.1, -0.05) is 48.5 Å². The molecule has 5 heteroatoms. The molecule has 0 saturated carbocycles. The number of phenols is 1. The van der Waals surface area contributed by atoms with Crippen LogP contribution in [0.1, 0.15) is 33.2 Å². The van der Waals surface area contributed by atoms with Gasteiger partial charge in [0, 0.05) is 11.3 Å². The SMILES string of the molecule is Cc1ccc(C)c(NC(=O)C(OC(=O)c2cccc(O)c2)c2ccccc2)c1. The lowest BCUT2D eigenvalue weighted by atomic mass is 10.1. The molecule has 0 aromatic heterocycles. The van der Waals surface area contributed by atoms with Gasteiger partial charge in [-0.15, -0.1) is 0 Å². The van der Waals surface area contributed by atoms with Crippen molar-refractivity contribution in [2.24, 2.45) is 0 Å². The molecule has 0 bridgehead atoms. The average molecular weight is 375 g/mol. The van der Waals surface area contributed by atoms with E-state index in [4.69, 9.17) is 4.74 Å². The Hall–Kier alpha value is -3.60. The zero-order valence-electron chi connectivity index (χ0n) is 15.7. The molecule has 28 heavy (non-hydrogen) atoms. The molecule has 0 saturated heterocycles. The lowest BCUT2D eigenvalue weighted by molar-refractivity contribution is -0.125. The van der Waals surface area contributed by atoms with Crippen LogP contribution < -0.4 is 5.32 Å². The topological polar surface area (TPSA) is 75.6 Å². The van der Waals surface area contributed by atoms with Gasteiger partial charge < -0.3 is 15.2 Å². The molecule has 3 rings (SSSR count). The zero-order valence-corrected chi connectivity index (χ0v) is 15.7. The van der Waals surface area contributed by atoms with Gasteiger partial charge in [-0.25, -0.2) is 4.79 Å². The fourth-order valence-corrected chi connectivity index (χ4v) is 2.78. The first-order valence-electron chi connectivity index (χ1n) is 8.87. The van der Waals surface area contributed by atoms with Crippen LogP contribution >= 0.6 is 0 Å². The maximum absolute atomic E-state index is 13.0. The second kappa shape index (κ2) is 8.39. The van der Waals surface area contributed by atoms with Gasteiger partial charge in [0.05, 0.1) is 5.56 Å². The highest BCUT2D eigenvalue weighted by Crippen LogP contribution is 2.24. The van der Waals surface area contributed by atoms with Crippen LogP contribution in [0.3, 0.4) is 0 Å². The number of hydrogen-bond acceptors (Lipinski definition) is 4. The highest BCUT2D eigenvalue weighted by atomic mass is 16.5. The highest BCUT2D eigenvalue weighted by molar-refractivity contribution is 5.98. The molecule has 2 N–H and O–H groups in total. The minimum atomic E-state index is -1.13. The molecule has 3 aromatic carbocycles. The minimum absolute atomic E-state index is 0.0504. The molecule has 0 aliphatic heterocycles. The minimum Gasteiger partial charge on any atom is -0.508 e. The Labute approximate surface area is 163 Å². The number of nitrogens with one attached hydrogen (secondary N) is 1. The fraction of sp³-hybridized carbons (Fsp3) is 0.130. The van der Waals surface area contributed by atoms with Gasteiger partial charge >= 0.3 is 5.97 Å². The summed E-state index contributed by atoms with van der Waals surface area (Å²) in [7, 11) is 0. The summed E-state index contributed by atoms with van der Waals surface area (Å²) in [5, 5.41) is 12.4. The maximum atomic E-state index is 13.0. The molecular formula is C23H21NO4. The quantitative estimate of drug-likeness (QED) is 0.642. The first kappa shape index (κ1) is 19.2. The molecule has 0 spiro atoms. The number of hydrogen-bond donors (Lipinski definition) is 2. The standard InChI is InChI=1S/C23H21NO4/c1-15-11-12-16(2)20(13-15)24-22(26)21(17-7-4-3-5-8-17)28-23(27)18-9-6-10-19(25)14-18/h3-14,21,25H,1-2H3,(H,24,26). The van der Waals surface area contributed by atoms with Crippen molar-refractivity contribution in [2.75, 3.05) is 5.32 Å². The van der Waals surface area contributed by atoms with E-state index in [1.807, 2.05) is 38.1 Å². The maximum Gasteiger partial charge on any atom is 0.339 e. The van der Waals surface area contributed by atoms with Crippen molar-refractivity contribution in [3.63, 3.8) is 0 Å². The van der Waals surface area contributed by atoms with Gasteiger partial charge in [0.25, 0.3) is 5.91 Å². The van der Waals surface area contributed by atoms with E-state index in [2.05, 4.69) is 5.32 Å². The molecule has 1 unspecified atom stereocenters. The van der Waals surface area contributed by atoms with Gasteiger partial charge in [0.15, 0.2) is 0 Å². The molecule has 1 amide bonds.